The molecule has 4 aliphatic rings. The van der Waals surface area contributed by atoms with E-state index in [1.807, 2.05) is 30.3 Å². The minimum Gasteiger partial charge on any atom is -0.478 e. The van der Waals surface area contributed by atoms with Gasteiger partial charge in [-0.25, -0.2) is 23.2 Å². The maximum Gasteiger partial charge on any atom is 0.338 e. The number of hydrogen-bond donors (Lipinski definition) is 2. The van der Waals surface area contributed by atoms with E-state index in [4.69, 9.17) is 5.11 Å². The molecule has 2 N–H and O–H groups in total. The van der Waals surface area contributed by atoms with Gasteiger partial charge in [-0.2, -0.15) is 4.31 Å². The van der Waals surface area contributed by atoms with Crippen molar-refractivity contribution in [2.24, 2.45) is 11.8 Å². The van der Waals surface area contributed by atoms with Gasteiger partial charge in [-0.1, -0.05) is 30.3 Å². The summed E-state index contributed by atoms with van der Waals surface area (Å²) in [6.07, 6.45) is 2.50. The number of carbonyl (C=O) groups is 1. The SMILES string of the molecule is O=C(O)c1cnc(NC23C4CN(S(=O)(=O)c5ccc6ccccc6c5)C2C43)nc1. The molecule has 2 saturated carbocycles. The number of aromatic carboxylic acids is 1. The Morgan fingerprint density at radius 3 is 2.55 bits per heavy atom. The zero-order valence-electron chi connectivity index (χ0n) is 15.1. The van der Waals surface area contributed by atoms with Gasteiger partial charge in [0.15, 0.2) is 0 Å². The van der Waals surface area contributed by atoms with Crippen molar-refractivity contribution in [3.63, 3.8) is 0 Å². The van der Waals surface area contributed by atoms with Crippen LogP contribution in [-0.2, 0) is 10.0 Å². The fourth-order valence-electron chi connectivity index (χ4n) is 4.90. The zero-order valence-corrected chi connectivity index (χ0v) is 15.9. The second-order valence-electron chi connectivity index (χ2n) is 7.82. The third kappa shape index (κ3) is 2.16. The third-order valence-electron chi connectivity index (χ3n) is 6.45. The number of benzene rings is 2. The standard InChI is InChI=1S/C20H16N4O4S/c25-18(26)13-8-21-19(22-9-13)23-20-15-10-24(17(20)16(15)20)29(27,28)14-6-5-11-3-1-2-4-12(11)7-14/h1-9,15-17H,10H2,(H,25,26)(H,21,22,23). The number of carboxylic acid groups (broad SMARTS) is 1. The van der Waals surface area contributed by atoms with Crippen LogP contribution < -0.4 is 5.32 Å². The highest BCUT2D eigenvalue weighted by Gasteiger charge is 2.94. The number of nitrogens with zero attached hydrogens (tertiary/aromatic N) is 3. The van der Waals surface area contributed by atoms with Crippen molar-refractivity contribution in [2.75, 3.05) is 11.9 Å². The predicted octanol–water partition coefficient (Wildman–Crippen LogP) is 1.81. The number of carboxylic acids is 1. The van der Waals surface area contributed by atoms with Gasteiger partial charge in [-0.05, 0) is 22.9 Å². The minimum atomic E-state index is -3.59. The Labute approximate surface area is 166 Å². The number of sulfonamides is 1. The quantitative estimate of drug-likeness (QED) is 0.662. The Balaban J connectivity index is 1.25. The number of anilines is 1. The first-order valence-electron chi connectivity index (χ1n) is 9.27. The first kappa shape index (κ1) is 16.9. The first-order valence-corrected chi connectivity index (χ1v) is 10.7. The van der Waals surface area contributed by atoms with E-state index in [-0.39, 0.29) is 29.0 Å². The van der Waals surface area contributed by atoms with E-state index >= 15 is 0 Å². The van der Waals surface area contributed by atoms with Gasteiger partial charge in [0.1, 0.15) is 0 Å². The topological polar surface area (TPSA) is 112 Å². The maximum atomic E-state index is 13.2. The lowest BCUT2D eigenvalue weighted by atomic mass is 10.1. The molecular formula is C20H16N4O4S. The summed E-state index contributed by atoms with van der Waals surface area (Å²) in [5, 5.41) is 14.1. The van der Waals surface area contributed by atoms with Crippen LogP contribution in [0.5, 0.6) is 0 Å². The van der Waals surface area contributed by atoms with E-state index in [0.29, 0.717) is 17.4 Å². The molecule has 2 aromatic carbocycles. The molecule has 2 saturated heterocycles. The van der Waals surface area contributed by atoms with Crippen LogP contribution in [0.15, 0.2) is 59.8 Å². The number of nitrogens with one attached hydrogen (secondary N) is 1. The molecule has 9 heteroatoms. The van der Waals surface area contributed by atoms with E-state index in [0.717, 1.165) is 10.8 Å². The maximum absolute atomic E-state index is 13.2. The smallest absolute Gasteiger partial charge is 0.338 e. The summed E-state index contributed by atoms with van der Waals surface area (Å²) in [7, 11) is -3.59. The van der Waals surface area contributed by atoms with E-state index < -0.39 is 16.0 Å². The summed E-state index contributed by atoms with van der Waals surface area (Å²) in [5.74, 6) is -0.251. The molecule has 146 valence electrons. The number of aromatic nitrogens is 2. The van der Waals surface area contributed by atoms with Crippen molar-refractivity contribution in [2.45, 2.75) is 16.5 Å². The highest BCUT2D eigenvalue weighted by Crippen LogP contribution is 2.80. The Kier molecular flexibility index (Phi) is 3.09. The number of rotatable bonds is 5. The average molecular weight is 408 g/mol. The third-order valence-corrected chi connectivity index (χ3v) is 8.29. The fraction of sp³-hybridized carbons (Fsp3) is 0.250. The van der Waals surface area contributed by atoms with Crippen LogP contribution in [0.1, 0.15) is 10.4 Å². The van der Waals surface area contributed by atoms with Crippen molar-refractivity contribution in [1.82, 2.24) is 14.3 Å². The van der Waals surface area contributed by atoms with E-state index in [9.17, 15) is 13.2 Å². The lowest BCUT2D eigenvalue weighted by Gasteiger charge is -2.18. The summed E-state index contributed by atoms with van der Waals surface area (Å²) < 4.78 is 28.1. The van der Waals surface area contributed by atoms with Crippen molar-refractivity contribution in [1.29, 1.82) is 0 Å². The molecule has 0 radical (unpaired) electrons. The van der Waals surface area contributed by atoms with Gasteiger partial charge in [0.25, 0.3) is 0 Å². The highest BCUT2D eigenvalue weighted by atomic mass is 32.2. The summed E-state index contributed by atoms with van der Waals surface area (Å²) in [6.45, 7) is 0.477. The molecule has 1 aromatic heterocycles. The molecule has 0 spiro atoms. The molecule has 3 heterocycles. The van der Waals surface area contributed by atoms with Crippen LogP contribution in [0, 0.1) is 11.8 Å². The van der Waals surface area contributed by atoms with E-state index in [1.165, 1.54) is 12.4 Å². The Morgan fingerprint density at radius 1 is 1.14 bits per heavy atom. The van der Waals surface area contributed by atoms with Crippen LogP contribution in [0.25, 0.3) is 10.8 Å². The van der Waals surface area contributed by atoms with Gasteiger partial charge in [-0.3, -0.25) is 0 Å². The Bertz CT molecular complexity index is 1290. The van der Waals surface area contributed by atoms with Crippen LogP contribution in [-0.4, -0.2) is 51.9 Å². The molecule has 7 rings (SSSR count). The predicted molar refractivity (Wildman–Crippen MR) is 104 cm³/mol. The van der Waals surface area contributed by atoms with Crippen LogP contribution in [0.4, 0.5) is 5.95 Å². The second-order valence-corrected chi connectivity index (χ2v) is 9.71. The summed E-state index contributed by atoms with van der Waals surface area (Å²) >= 11 is 0. The molecule has 2 bridgehead atoms. The monoisotopic (exact) mass is 408 g/mol. The molecule has 4 unspecified atom stereocenters. The van der Waals surface area contributed by atoms with Crippen molar-refractivity contribution in [3.05, 3.63) is 60.4 Å². The van der Waals surface area contributed by atoms with Crippen LogP contribution in [0.2, 0.25) is 0 Å². The van der Waals surface area contributed by atoms with Crippen molar-refractivity contribution >= 4 is 32.7 Å². The number of hydrogen-bond acceptors (Lipinski definition) is 6. The zero-order chi connectivity index (χ0) is 20.0. The summed E-state index contributed by atoms with van der Waals surface area (Å²) in [5.41, 5.74) is -0.297. The number of piperidine rings is 1. The Morgan fingerprint density at radius 2 is 1.86 bits per heavy atom. The molecule has 2 aliphatic heterocycles. The van der Waals surface area contributed by atoms with Crippen LogP contribution in [0.3, 0.4) is 0 Å². The second kappa shape index (κ2) is 5.31. The van der Waals surface area contributed by atoms with Gasteiger partial charge in [0, 0.05) is 30.8 Å². The van der Waals surface area contributed by atoms with Crippen molar-refractivity contribution < 1.29 is 18.3 Å². The van der Waals surface area contributed by atoms with Gasteiger partial charge in [0.05, 0.1) is 22.0 Å². The molecule has 2 aliphatic carbocycles. The molecule has 4 fully saturated rings. The largest absolute Gasteiger partial charge is 0.478 e. The van der Waals surface area contributed by atoms with Gasteiger partial charge in [0.2, 0.25) is 16.0 Å². The Hall–Kier alpha value is -3.04. The molecule has 0 amide bonds. The summed E-state index contributed by atoms with van der Waals surface area (Å²) in [4.78, 5) is 19.3. The van der Waals surface area contributed by atoms with E-state index in [1.54, 1.807) is 16.4 Å². The molecule has 29 heavy (non-hydrogen) atoms. The average Bonchev–Trinajstić information content (AvgIpc) is 3.38. The number of fused-ring (bicyclic) bond motifs is 2. The van der Waals surface area contributed by atoms with E-state index in [2.05, 4.69) is 15.3 Å². The first-order chi connectivity index (χ1) is 13.9. The molecule has 8 nitrogen and oxygen atoms in total. The molecular weight excluding hydrogens is 392 g/mol. The lowest BCUT2D eigenvalue weighted by Crippen LogP contribution is -2.33. The minimum absolute atomic E-state index is 0.0136. The van der Waals surface area contributed by atoms with Crippen LogP contribution >= 0.6 is 0 Å². The lowest BCUT2D eigenvalue weighted by molar-refractivity contribution is 0.0696. The van der Waals surface area contributed by atoms with Gasteiger partial charge in [-0.15, -0.1) is 0 Å². The normalized spacial score (nSPS) is 29.4. The molecule has 4 atom stereocenters. The fourth-order valence-corrected chi connectivity index (χ4v) is 6.64. The summed E-state index contributed by atoms with van der Waals surface area (Å²) in [6, 6.07) is 12.8. The van der Waals surface area contributed by atoms with Gasteiger partial charge >= 0.3 is 5.97 Å². The van der Waals surface area contributed by atoms with Crippen molar-refractivity contribution in [3.8, 4) is 0 Å². The van der Waals surface area contributed by atoms with Gasteiger partial charge < -0.3 is 10.4 Å². The highest BCUT2D eigenvalue weighted by molar-refractivity contribution is 7.89. The molecule has 3 aromatic rings.